The number of anilines is 1. The molecule has 0 atom stereocenters. The summed E-state index contributed by atoms with van der Waals surface area (Å²) in [6.07, 6.45) is 2.24. The summed E-state index contributed by atoms with van der Waals surface area (Å²) in [5.41, 5.74) is 1.81. The van der Waals surface area contributed by atoms with Crippen molar-refractivity contribution in [2.24, 2.45) is 0 Å². The van der Waals surface area contributed by atoms with Gasteiger partial charge in [0.05, 0.1) is 0 Å². The first kappa shape index (κ1) is 12.0. The van der Waals surface area contributed by atoms with Gasteiger partial charge in [-0.05, 0) is 18.6 Å². The lowest BCUT2D eigenvalue weighted by molar-refractivity contribution is 0.0988. The fraction of sp³-hybridized carbons (Fsp3) is 0.538. The van der Waals surface area contributed by atoms with Gasteiger partial charge >= 0.3 is 0 Å². The Balaban J connectivity index is 2.21. The van der Waals surface area contributed by atoms with E-state index in [2.05, 4.69) is 15.2 Å². The zero-order valence-corrected chi connectivity index (χ0v) is 10.5. The van der Waals surface area contributed by atoms with Crippen LogP contribution in [0.5, 0.6) is 0 Å². The van der Waals surface area contributed by atoms with E-state index in [9.17, 15) is 4.79 Å². The minimum absolute atomic E-state index is 0.160. The number of aryl methyl sites for hydroxylation is 1. The number of rotatable bonds is 3. The van der Waals surface area contributed by atoms with Gasteiger partial charge in [0.2, 0.25) is 0 Å². The van der Waals surface area contributed by atoms with Crippen LogP contribution in [0, 0.1) is 6.92 Å². The molecule has 0 amide bonds. The van der Waals surface area contributed by atoms with E-state index in [1.165, 1.54) is 0 Å². The number of hydrogen-bond donors (Lipinski definition) is 1. The van der Waals surface area contributed by atoms with Crippen molar-refractivity contribution < 1.29 is 4.79 Å². The van der Waals surface area contributed by atoms with Gasteiger partial charge in [0, 0.05) is 44.4 Å². The van der Waals surface area contributed by atoms with Gasteiger partial charge in [-0.25, -0.2) is 4.98 Å². The topological polar surface area (TPSA) is 45.2 Å². The van der Waals surface area contributed by atoms with Crippen LogP contribution in [0.4, 0.5) is 5.82 Å². The highest BCUT2D eigenvalue weighted by atomic mass is 16.1. The number of pyridine rings is 1. The van der Waals surface area contributed by atoms with E-state index in [0.29, 0.717) is 6.42 Å². The summed E-state index contributed by atoms with van der Waals surface area (Å²) in [6, 6.07) is 1.95. The molecule has 0 aromatic carbocycles. The molecule has 0 unspecified atom stereocenters. The molecule has 4 heteroatoms. The van der Waals surface area contributed by atoms with Crippen molar-refractivity contribution in [2.75, 3.05) is 31.1 Å². The van der Waals surface area contributed by atoms with Crippen LogP contribution in [0.15, 0.2) is 12.3 Å². The van der Waals surface area contributed by atoms with Crippen LogP contribution in [-0.4, -0.2) is 36.9 Å². The van der Waals surface area contributed by atoms with Gasteiger partial charge in [0.1, 0.15) is 5.82 Å². The van der Waals surface area contributed by atoms with Gasteiger partial charge in [0.25, 0.3) is 0 Å². The maximum absolute atomic E-state index is 11.6. The molecule has 0 aliphatic carbocycles. The van der Waals surface area contributed by atoms with Gasteiger partial charge in [-0.1, -0.05) is 6.92 Å². The van der Waals surface area contributed by atoms with Crippen LogP contribution >= 0.6 is 0 Å². The molecule has 2 rings (SSSR count). The van der Waals surface area contributed by atoms with E-state index in [1.807, 2.05) is 19.9 Å². The summed E-state index contributed by atoms with van der Waals surface area (Å²) in [5, 5.41) is 3.32. The molecule has 1 aromatic rings. The molecule has 92 valence electrons. The third-order valence-electron chi connectivity index (χ3n) is 3.11. The number of ketones is 1. The standard InChI is InChI=1S/C13H19N3O/c1-3-12(17)11-8-10(2)13(15-9-11)16-6-4-14-5-7-16/h8-9,14H,3-7H2,1-2H3. The van der Waals surface area contributed by atoms with Crippen molar-refractivity contribution in [3.8, 4) is 0 Å². The molecule has 1 aromatic heterocycles. The molecular formula is C13H19N3O. The third-order valence-corrected chi connectivity index (χ3v) is 3.11. The zero-order chi connectivity index (χ0) is 12.3. The van der Waals surface area contributed by atoms with Gasteiger partial charge in [0.15, 0.2) is 5.78 Å². The summed E-state index contributed by atoms with van der Waals surface area (Å²) < 4.78 is 0. The Kier molecular flexibility index (Phi) is 3.74. The Bertz CT molecular complexity index is 411. The predicted molar refractivity (Wildman–Crippen MR) is 68.7 cm³/mol. The first-order valence-corrected chi connectivity index (χ1v) is 6.18. The van der Waals surface area contributed by atoms with Crippen LogP contribution in [0.2, 0.25) is 0 Å². The van der Waals surface area contributed by atoms with Gasteiger partial charge in [-0.3, -0.25) is 4.79 Å². The lowest BCUT2D eigenvalue weighted by Crippen LogP contribution is -2.44. The number of hydrogen-bond acceptors (Lipinski definition) is 4. The van der Waals surface area contributed by atoms with Crippen LogP contribution < -0.4 is 10.2 Å². The number of nitrogens with zero attached hydrogens (tertiary/aromatic N) is 2. The SMILES string of the molecule is CCC(=O)c1cnc(N2CCNCC2)c(C)c1. The molecule has 1 fully saturated rings. The monoisotopic (exact) mass is 233 g/mol. The van der Waals surface area contributed by atoms with E-state index in [1.54, 1.807) is 6.20 Å². The number of carbonyl (C=O) groups is 1. The van der Waals surface area contributed by atoms with Gasteiger partial charge in [-0.2, -0.15) is 0 Å². The van der Waals surface area contributed by atoms with Crippen molar-refractivity contribution in [3.63, 3.8) is 0 Å². The van der Waals surface area contributed by atoms with Gasteiger partial charge < -0.3 is 10.2 Å². The van der Waals surface area contributed by atoms with E-state index in [0.717, 1.165) is 43.1 Å². The van der Waals surface area contributed by atoms with Crippen molar-refractivity contribution in [1.82, 2.24) is 10.3 Å². The average Bonchev–Trinajstić information content (AvgIpc) is 2.38. The van der Waals surface area contributed by atoms with Crippen LogP contribution in [0.1, 0.15) is 29.3 Å². The first-order chi connectivity index (χ1) is 8.22. The fourth-order valence-electron chi connectivity index (χ4n) is 2.13. The summed E-state index contributed by atoms with van der Waals surface area (Å²) >= 11 is 0. The zero-order valence-electron chi connectivity index (χ0n) is 10.5. The number of carbonyl (C=O) groups excluding carboxylic acids is 1. The largest absolute Gasteiger partial charge is 0.354 e. The molecule has 4 nitrogen and oxygen atoms in total. The van der Waals surface area contributed by atoms with E-state index in [-0.39, 0.29) is 5.78 Å². The highest BCUT2D eigenvalue weighted by molar-refractivity contribution is 5.96. The molecule has 0 saturated carbocycles. The van der Waals surface area contributed by atoms with Crippen LogP contribution in [0.25, 0.3) is 0 Å². The molecule has 1 N–H and O–H groups in total. The van der Waals surface area contributed by atoms with Crippen LogP contribution in [0.3, 0.4) is 0 Å². The minimum atomic E-state index is 0.160. The fourth-order valence-corrected chi connectivity index (χ4v) is 2.13. The summed E-state index contributed by atoms with van der Waals surface area (Å²) in [7, 11) is 0. The Hall–Kier alpha value is -1.42. The van der Waals surface area contributed by atoms with Crippen LogP contribution in [-0.2, 0) is 0 Å². The lowest BCUT2D eigenvalue weighted by atomic mass is 10.1. The number of aromatic nitrogens is 1. The Morgan fingerprint density at radius 3 is 2.76 bits per heavy atom. The van der Waals surface area contributed by atoms with Crippen molar-refractivity contribution in [3.05, 3.63) is 23.4 Å². The van der Waals surface area contributed by atoms with E-state index in [4.69, 9.17) is 0 Å². The second-order valence-electron chi connectivity index (χ2n) is 4.38. The van der Waals surface area contributed by atoms with E-state index >= 15 is 0 Å². The quantitative estimate of drug-likeness (QED) is 0.801. The summed E-state index contributed by atoms with van der Waals surface area (Å²) in [4.78, 5) is 18.3. The molecular weight excluding hydrogens is 214 g/mol. The summed E-state index contributed by atoms with van der Waals surface area (Å²) in [5.74, 6) is 1.17. The highest BCUT2D eigenvalue weighted by Gasteiger charge is 2.15. The number of Topliss-reactive ketones (excluding diaryl/α,β-unsaturated/α-hetero) is 1. The smallest absolute Gasteiger partial charge is 0.164 e. The molecule has 1 aliphatic rings. The molecule has 17 heavy (non-hydrogen) atoms. The normalized spacial score (nSPS) is 16.0. The Morgan fingerprint density at radius 1 is 1.47 bits per heavy atom. The Labute approximate surface area is 102 Å². The number of piperazine rings is 1. The first-order valence-electron chi connectivity index (χ1n) is 6.18. The van der Waals surface area contributed by atoms with E-state index < -0.39 is 0 Å². The summed E-state index contributed by atoms with van der Waals surface area (Å²) in [6.45, 7) is 7.86. The molecule has 1 aliphatic heterocycles. The molecule has 0 spiro atoms. The second kappa shape index (κ2) is 5.27. The molecule has 0 radical (unpaired) electrons. The van der Waals surface area contributed by atoms with Crippen molar-refractivity contribution in [2.45, 2.75) is 20.3 Å². The Morgan fingerprint density at radius 2 is 2.18 bits per heavy atom. The minimum Gasteiger partial charge on any atom is -0.354 e. The van der Waals surface area contributed by atoms with Crippen molar-refractivity contribution in [1.29, 1.82) is 0 Å². The van der Waals surface area contributed by atoms with Crippen molar-refractivity contribution >= 4 is 11.6 Å². The predicted octanol–water partition coefficient (Wildman–Crippen LogP) is 1.39. The molecule has 1 saturated heterocycles. The second-order valence-corrected chi connectivity index (χ2v) is 4.38. The maximum Gasteiger partial charge on any atom is 0.164 e. The molecule has 2 heterocycles. The average molecular weight is 233 g/mol. The maximum atomic E-state index is 11.6. The molecule has 0 bridgehead atoms. The lowest BCUT2D eigenvalue weighted by Gasteiger charge is -2.29. The van der Waals surface area contributed by atoms with Gasteiger partial charge in [-0.15, -0.1) is 0 Å². The number of nitrogens with one attached hydrogen (secondary N) is 1. The highest BCUT2D eigenvalue weighted by Crippen LogP contribution is 2.18. The third kappa shape index (κ3) is 2.64.